The van der Waals surface area contributed by atoms with Crippen LogP contribution in [0.3, 0.4) is 0 Å². The summed E-state index contributed by atoms with van der Waals surface area (Å²) in [5.41, 5.74) is 1.59. The van der Waals surface area contributed by atoms with E-state index < -0.39 is 40.8 Å². The third-order valence-electron chi connectivity index (χ3n) is 7.86. The highest BCUT2D eigenvalue weighted by Gasteiger charge is 2.60. The number of amides is 2. The molecular weight excluding hydrogens is 562 g/mol. The average Bonchev–Trinajstić information content (AvgIpc) is 3.57. The van der Waals surface area contributed by atoms with Crippen molar-refractivity contribution in [3.8, 4) is 5.75 Å². The molecule has 5 aromatic rings. The van der Waals surface area contributed by atoms with Crippen LogP contribution < -0.4 is 14.7 Å². The number of anilines is 2. The van der Waals surface area contributed by atoms with Gasteiger partial charge in [0.25, 0.3) is 11.6 Å². The first-order valence-corrected chi connectivity index (χ1v) is 13.8. The molecule has 44 heavy (non-hydrogen) atoms. The zero-order valence-electron chi connectivity index (χ0n) is 23.0. The van der Waals surface area contributed by atoms with Gasteiger partial charge in [-0.3, -0.25) is 24.5 Å². The van der Waals surface area contributed by atoms with Crippen molar-refractivity contribution in [2.75, 3.05) is 9.96 Å². The van der Waals surface area contributed by atoms with E-state index in [1.807, 2.05) is 30.3 Å². The number of esters is 1. The molecular formula is C34H23N3O7. The molecule has 2 heterocycles. The highest BCUT2D eigenvalue weighted by molar-refractivity contribution is 6.26. The molecule has 0 spiro atoms. The molecule has 2 amide bonds. The molecule has 7 rings (SSSR count). The third kappa shape index (κ3) is 4.54. The standard InChI is InChI=1S/C34H23N3O7/c38-32-29-30(22-16-18-26(19-17-22)43-34(40)23-9-2-1-3-10-23)36(24-12-7-13-25(20-24)37(41)42)44-31(29)33(39)35(32)28-15-6-11-21-8-4-5-14-27(21)28/h1-20,29-31H/t29-,30-,31+/m1/s1. The van der Waals surface area contributed by atoms with Crippen molar-refractivity contribution >= 4 is 45.6 Å². The van der Waals surface area contributed by atoms with E-state index in [4.69, 9.17) is 9.57 Å². The maximum atomic E-state index is 14.2. The van der Waals surface area contributed by atoms with E-state index in [-0.39, 0.29) is 11.4 Å². The molecule has 216 valence electrons. The normalized spacial score (nSPS) is 19.3. The van der Waals surface area contributed by atoms with E-state index >= 15 is 0 Å². The largest absolute Gasteiger partial charge is 0.423 e. The number of hydrogen-bond acceptors (Lipinski definition) is 8. The second kappa shape index (κ2) is 10.8. The van der Waals surface area contributed by atoms with Crippen LogP contribution in [0.15, 0.2) is 121 Å². The van der Waals surface area contributed by atoms with Crippen LogP contribution in [-0.4, -0.2) is 28.8 Å². The first-order valence-electron chi connectivity index (χ1n) is 13.8. The predicted molar refractivity (Wildman–Crippen MR) is 161 cm³/mol. The van der Waals surface area contributed by atoms with E-state index in [9.17, 15) is 24.5 Å². The summed E-state index contributed by atoms with van der Waals surface area (Å²) in [6.07, 6.45) is -1.17. The van der Waals surface area contributed by atoms with Gasteiger partial charge in [-0.05, 0) is 47.3 Å². The lowest BCUT2D eigenvalue weighted by molar-refractivity contribution is -0.384. The first-order chi connectivity index (χ1) is 21.4. The molecule has 2 fully saturated rings. The van der Waals surface area contributed by atoms with Crippen LogP contribution >= 0.6 is 0 Å². The Morgan fingerprint density at radius 3 is 2.27 bits per heavy atom. The summed E-state index contributed by atoms with van der Waals surface area (Å²) in [5, 5.41) is 14.6. The molecule has 10 nitrogen and oxygen atoms in total. The summed E-state index contributed by atoms with van der Waals surface area (Å²) >= 11 is 0. The average molecular weight is 586 g/mol. The zero-order valence-corrected chi connectivity index (χ0v) is 23.0. The number of carbonyl (C=O) groups excluding carboxylic acids is 3. The van der Waals surface area contributed by atoms with Gasteiger partial charge in [0.2, 0.25) is 5.91 Å². The minimum Gasteiger partial charge on any atom is -0.423 e. The van der Waals surface area contributed by atoms with Crippen LogP contribution in [0, 0.1) is 16.0 Å². The molecule has 2 aliphatic heterocycles. The van der Waals surface area contributed by atoms with Crippen LogP contribution in [0.2, 0.25) is 0 Å². The molecule has 10 heteroatoms. The van der Waals surface area contributed by atoms with Crippen molar-refractivity contribution in [1.82, 2.24) is 0 Å². The van der Waals surface area contributed by atoms with E-state index in [0.717, 1.165) is 10.8 Å². The minimum absolute atomic E-state index is 0.167. The van der Waals surface area contributed by atoms with Crippen LogP contribution in [-0.2, 0) is 14.4 Å². The number of nitrogens with zero attached hydrogens (tertiary/aromatic N) is 3. The van der Waals surface area contributed by atoms with Crippen LogP contribution in [0.1, 0.15) is 22.0 Å². The molecule has 0 unspecified atom stereocenters. The van der Waals surface area contributed by atoms with Gasteiger partial charge in [-0.15, -0.1) is 0 Å². The SMILES string of the molecule is O=C(Oc1ccc([C@@H]2[C@H]3C(=O)N(c4cccc5ccccc45)C(=O)[C@H]3ON2c2cccc([N+](=O)[O-])c2)cc1)c1ccccc1. The fraction of sp³-hybridized carbons (Fsp3) is 0.0882. The monoisotopic (exact) mass is 585 g/mol. The number of nitro benzene ring substituents is 1. The van der Waals surface area contributed by atoms with Crippen LogP contribution in [0.25, 0.3) is 10.8 Å². The highest BCUT2D eigenvalue weighted by Crippen LogP contribution is 2.48. The van der Waals surface area contributed by atoms with E-state index in [0.29, 0.717) is 22.5 Å². The highest BCUT2D eigenvalue weighted by atomic mass is 16.7. The molecule has 2 aliphatic rings. The van der Waals surface area contributed by atoms with Crippen LogP contribution in [0.5, 0.6) is 5.75 Å². The molecule has 0 aromatic heterocycles. The lowest BCUT2D eigenvalue weighted by atomic mass is 9.90. The summed E-state index contributed by atoms with van der Waals surface area (Å²) in [6, 6.07) is 33.0. The van der Waals surface area contributed by atoms with E-state index in [2.05, 4.69) is 0 Å². The Morgan fingerprint density at radius 1 is 0.795 bits per heavy atom. The lowest BCUT2D eigenvalue weighted by Crippen LogP contribution is -2.37. The molecule has 0 aliphatic carbocycles. The van der Waals surface area contributed by atoms with Gasteiger partial charge in [0.15, 0.2) is 6.10 Å². The fourth-order valence-electron chi connectivity index (χ4n) is 5.83. The summed E-state index contributed by atoms with van der Waals surface area (Å²) in [7, 11) is 0. The number of carbonyl (C=O) groups is 3. The summed E-state index contributed by atoms with van der Waals surface area (Å²) in [5.74, 6) is -2.18. The van der Waals surface area contributed by atoms with Gasteiger partial charge < -0.3 is 4.74 Å². The van der Waals surface area contributed by atoms with Crippen molar-refractivity contribution in [3.05, 3.63) is 143 Å². The number of nitro groups is 1. The van der Waals surface area contributed by atoms with Gasteiger partial charge in [0.1, 0.15) is 11.7 Å². The Bertz CT molecular complexity index is 1940. The van der Waals surface area contributed by atoms with Gasteiger partial charge in [0, 0.05) is 17.5 Å². The molecule has 0 bridgehead atoms. The predicted octanol–water partition coefficient (Wildman–Crippen LogP) is 6.02. The van der Waals surface area contributed by atoms with Crippen molar-refractivity contribution in [1.29, 1.82) is 0 Å². The number of benzene rings is 5. The quantitative estimate of drug-likeness (QED) is 0.0781. The van der Waals surface area contributed by atoms with Gasteiger partial charge in [-0.25, -0.2) is 14.8 Å². The summed E-state index contributed by atoms with van der Waals surface area (Å²) in [6.45, 7) is 0. The number of hydrogen-bond donors (Lipinski definition) is 0. The molecule has 0 radical (unpaired) electrons. The number of rotatable bonds is 6. The maximum Gasteiger partial charge on any atom is 0.343 e. The van der Waals surface area contributed by atoms with Crippen molar-refractivity contribution in [2.45, 2.75) is 12.1 Å². The molecule has 3 atom stereocenters. The van der Waals surface area contributed by atoms with E-state index in [1.165, 1.54) is 28.2 Å². The number of hydroxylamine groups is 1. The Balaban J connectivity index is 1.27. The first kappa shape index (κ1) is 27.0. The third-order valence-corrected chi connectivity index (χ3v) is 7.86. The second-order valence-corrected chi connectivity index (χ2v) is 10.4. The Labute approximate surface area is 250 Å². The Morgan fingerprint density at radius 2 is 1.50 bits per heavy atom. The lowest BCUT2D eigenvalue weighted by Gasteiger charge is -2.29. The number of imide groups is 1. The molecule has 0 saturated carbocycles. The van der Waals surface area contributed by atoms with Crippen molar-refractivity contribution in [2.24, 2.45) is 5.92 Å². The van der Waals surface area contributed by atoms with Gasteiger partial charge in [0.05, 0.1) is 27.9 Å². The molecule has 5 aromatic carbocycles. The number of fused-ring (bicyclic) bond motifs is 2. The Hall–Kier alpha value is -5.87. The molecule has 0 N–H and O–H groups in total. The zero-order chi connectivity index (χ0) is 30.4. The van der Waals surface area contributed by atoms with Crippen molar-refractivity contribution < 1.29 is 28.9 Å². The van der Waals surface area contributed by atoms with Gasteiger partial charge >= 0.3 is 5.97 Å². The minimum atomic E-state index is -1.17. The van der Waals surface area contributed by atoms with E-state index in [1.54, 1.807) is 72.8 Å². The summed E-state index contributed by atoms with van der Waals surface area (Å²) < 4.78 is 5.52. The number of ether oxygens (including phenoxy) is 1. The van der Waals surface area contributed by atoms with Gasteiger partial charge in [-0.1, -0.05) is 72.8 Å². The van der Waals surface area contributed by atoms with Crippen LogP contribution in [0.4, 0.5) is 17.1 Å². The second-order valence-electron chi connectivity index (χ2n) is 10.4. The maximum absolute atomic E-state index is 14.2. The van der Waals surface area contributed by atoms with Crippen molar-refractivity contribution in [3.63, 3.8) is 0 Å². The fourth-order valence-corrected chi connectivity index (χ4v) is 5.83. The topological polar surface area (TPSA) is 119 Å². The Kier molecular flexibility index (Phi) is 6.60. The van der Waals surface area contributed by atoms with Gasteiger partial charge in [-0.2, -0.15) is 0 Å². The smallest absolute Gasteiger partial charge is 0.343 e. The molecule has 2 saturated heterocycles. The summed E-state index contributed by atoms with van der Waals surface area (Å²) in [4.78, 5) is 59.0. The number of non-ortho nitro benzene ring substituents is 1.